The molecule has 1 heterocycles. The van der Waals surface area contributed by atoms with Gasteiger partial charge in [0.25, 0.3) is 0 Å². The second kappa shape index (κ2) is 5.15. The highest BCUT2D eigenvalue weighted by Gasteiger charge is 2.33. The van der Waals surface area contributed by atoms with Crippen molar-refractivity contribution in [3.63, 3.8) is 0 Å². The molecule has 0 amide bonds. The first-order valence-electron chi connectivity index (χ1n) is 5.83. The molecule has 1 rings (SSSR count). The van der Waals surface area contributed by atoms with Gasteiger partial charge in [-0.25, -0.2) is 0 Å². The zero-order chi connectivity index (χ0) is 12.2. The zero-order valence-corrected chi connectivity index (χ0v) is 10.4. The van der Waals surface area contributed by atoms with Gasteiger partial charge in [0.05, 0.1) is 12.0 Å². The van der Waals surface area contributed by atoms with Gasteiger partial charge in [-0.05, 0) is 33.6 Å². The van der Waals surface area contributed by atoms with E-state index in [0.717, 1.165) is 6.42 Å². The fourth-order valence-electron chi connectivity index (χ4n) is 1.82. The minimum absolute atomic E-state index is 0.0631. The van der Waals surface area contributed by atoms with E-state index in [-0.39, 0.29) is 12.4 Å². The van der Waals surface area contributed by atoms with E-state index in [2.05, 4.69) is 0 Å². The van der Waals surface area contributed by atoms with Crippen molar-refractivity contribution in [1.29, 1.82) is 0 Å². The maximum atomic E-state index is 11.6. The summed E-state index contributed by atoms with van der Waals surface area (Å²) in [6, 6.07) is 0. The number of hydrogen-bond acceptors (Lipinski definition) is 4. The minimum atomic E-state index is -0.946. The third-order valence-corrected chi connectivity index (χ3v) is 2.54. The highest BCUT2D eigenvalue weighted by molar-refractivity contribution is 5.71. The van der Waals surface area contributed by atoms with Crippen molar-refractivity contribution < 1.29 is 19.4 Å². The van der Waals surface area contributed by atoms with Crippen LogP contribution < -0.4 is 0 Å². The quantitative estimate of drug-likeness (QED) is 0.733. The molecule has 1 aliphatic heterocycles. The van der Waals surface area contributed by atoms with Crippen LogP contribution in [0.2, 0.25) is 0 Å². The van der Waals surface area contributed by atoms with Crippen LogP contribution in [0.3, 0.4) is 0 Å². The summed E-state index contributed by atoms with van der Waals surface area (Å²) in [4.78, 5) is 11.6. The Bertz CT molecular complexity index is 234. The molecule has 94 valence electrons. The highest BCUT2D eigenvalue weighted by atomic mass is 16.6. The lowest BCUT2D eigenvalue weighted by Gasteiger charge is -2.27. The average Bonchev–Trinajstić information content (AvgIpc) is 2.25. The fraction of sp³-hybridized carbons (Fsp3) is 0.917. The first kappa shape index (κ1) is 13.5. The fourth-order valence-corrected chi connectivity index (χ4v) is 1.82. The Morgan fingerprint density at radius 1 is 1.38 bits per heavy atom. The Hall–Kier alpha value is -0.610. The normalized spacial score (nSPS) is 27.2. The van der Waals surface area contributed by atoms with Gasteiger partial charge >= 0.3 is 5.97 Å². The molecule has 0 radical (unpaired) electrons. The van der Waals surface area contributed by atoms with Crippen molar-refractivity contribution in [2.24, 2.45) is 0 Å². The van der Waals surface area contributed by atoms with Crippen molar-refractivity contribution in [3.05, 3.63) is 0 Å². The lowest BCUT2D eigenvalue weighted by atomic mass is 9.91. The van der Waals surface area contributed by atoms with E-state index in [4.69, 9.17) is 9.47 Å². The van der Waals surface area contributed by atoms with Crippen molar-refractivity contribution in [1.82, 2.24) is 0 Å². The molecule has 1 saturated heterocycles. The molecule has 16 heavy (non-hydrogen) atoms. The molecule has 0 aromatic carbocycles. The summed E-state index contributed by atoms with van der Waals surface area (Å²) in [6.45, 7) is 6.65. The molecule has 0 aliphatic carbocycles. The molecule has 0 aromatic heterocycles. The van der Waals surface area contributed by atoms with E-state index in [9.17, 15) is 9.90 Å². The van der Waals surface area contributed by atoms with Crippen LogP contribution in [-0.2, 0) is 14.3 Å². The SMILES string of the molecule is CC(C)(C)OC(=O)CC1(O)CCCOCC1. The molecule has 0 spiro atoms. The summed E-state index contributed by atoms with van der Waals surface area (Å²) >= 11 is 0. The Morgan fingerprint density at radius 2 is 2.06 bits per heavy atom. The summed E-state index contributed by atoms with van der Waals surface area (Å²) in [5.41, 5.74) is -1.44. The molecule has 0 aromatic rings. The summed E-state index contributed by atoms with van der Waals surface area (Å²) in [5, 5.41) is 10.2. The summed E-state index contributed by atoms with van der Waals surface area (Å²) in [6.07, 6.45) is 1.96. The van der Waals surface area contributed by atoms with Crippen LogP contribution >= 0.6 is 0 Å². The molecule has 4 nitrogen and oxygen atoms in total. The van der Waals surface area contributed by atoms with Crippen LogP contribution in [0.15, 0.2) is 0 Å². The van der Waals surface area contributed by atoms with Crippen LogP contribution in [0, 0.1) is 0 Å². The smallest absolute Gasteiger partial charge is 0.309 e. The maximum absolute atomic E-state index is 11.6. The standard InChI is InChI=1S/C12H22O4/c1-11(2,3)16-10(13)9-12(14)5-4-7-15-8-6-12/h14H,4-9H2,1-3H3. The second-order valence-electron chi connectivity index (χ2n) is 5.45. The van der Waals surface area contributed by atoms with Crippen LogP contribution in [0.1, 0.15) is 46.5 Å². The summed E-state index contributed by atoms with van der Waals surface area (Å²) in [7, 11) is 0. The van der Waals surface area contributed by atoms with Crippen LogP contribution in [-0.4, -0.2) is 35.5 Å². The van der Waals surface area contributed by atoms with E-state index in [0.29, 0.717) is 26.1 Å². The predicted octanol–water partition coefficient (Wildman–Crippen LogP) is 1.65. The van der Waals surface area contributed by atoms with Crippen molar-refractivity contribution in [2.75, 3.05) is 13.2 Å². The van der Waals surface area contributed by atoms with Crippen LogP contribution in [0.5, 0.6) is 0 Å². The highest BCUT2D eigenvalue weighted by Crippen LogP contribution is 2.26. The first-order chi connectivity index (χ1) is 7.31. The maximum Gasteiger partial charge on any atom is 0.309 e. The third kappa shape index (κ3) is 4.94. The van der Waals surface area contributed by atoms with E-state index in [1.165, 1.54) is 0 Å². The minimum Gasteiger partial charge on any atom is -0.460 e. The van der Waals surface area contributed by atoms with E-state index in [1.54, 1.807) is 0 Å². The average molecular weight is 230 g/mol. The number of carbonyl (C=O) groups excluding carboxylic acids is 1. The Kier molecular flexibility index (Phi) is 4.33. The lowest BCUT2D eigenvalue weighted by molar-refractivity contribution is -0.160. The lowest BCUT2D eigenvalue weighted by Crippen LogP contribution is -2.35. The molecule has 1 atom stereocenters. The van der Waals surface area contributed by atoms with Gasteiger partial charge in [0.15, 0.2) is 0 Å². The first-order valence-corrected chi connectivity index (χ1v) is 5.83. The molecule has 1 N–H and O–H groups in total. The third-order valence-electron chi connectivity index (χ3n) is 2.54. The van der Waals surface area contributed by atoms with E-state index >= 15 is 0 Å². The van der Waals surface area contributed by atoms with Gasteiger partial charge in [-0.2, -0.15) is 0 Å². The van der Waals surface area contributed by atoms with Gasteiger partial charge in [-0.1, -0.05) is 0 Å². The van der Waals surface area contributed by atoms with Crippen LogP contribution in [0.4, 0.5) is 0 Å². The molecule has 0 saturated carbocycles. The molecule has 1 fully saturated rings. The van der Waals surface area contributed by atoms with Crippen molar-refractivity contribution in [2.45, 2.75) is 57.7 Å². The number of carbonyl (C=O) groups is 1. The van der Waals surface area contributed by atoms with Gasteiger partial charge in [-0.15, -0.1) is 0 Å². The molecule has 1 unspecified atom stereocenters. The predicted molar refractivity (Wildman–Crippen MR) is 60.1 cm³/mol. The van der Waals surface area contributed by atoms with E-state index < -0.39 is 11.2 Å². The molecular weight excluding hydrogens is 208 g/mol. The molecular formula is C12H22O4. The topological polar surface area (TPSA) is 55.8 Å². The zero-order valence-electron chi connectivity index (χ0n) is 10.4. The number of esters is 1. The monoisotopic (exact) mass is 230 g/mol. The Morgan fingerprint density at radius 3 is 2.69 bits per heavy atom. The van der Waals surface area contributed by atoms with Crippen molar-refractivity contribution >= 4 is 5.97 Å². The summed E-state index contributed by atoms with van der Waals surface area (Å²) in [5.74, 6) is -0.336. The number of rotatable bonds is 2. The van der Waals surface area contributed by atoms with Crippen LogP contribution in [0.25, 0.3) is 0 Å². The van der Waals surface area contributed by atoms with Crippen molar-refractivity contribution in [3.8, 4) is 0 Å². The van der Waals surface area contributed by atoms with Gasteiger partial charge in [0.2, 0.25) is 0 Å². The van der Waals surface area contributed by atoms with Gasteiger partial charge in [0.1, 0.15) is 5.60 Å². The molecule has 4 heteroatoms. The number of aliphatic hydroxyl groups is 1. The molecule has 1 aliphatic rings. The van der Waals surface area contributed by atoms with Gasteiger partial charge < -0.3 is 14.6 Å². The molecule has 0 bridgehead atoms. The number of ether oxygens (including phenoxy) is 2. The largest absolute Gasteiger partial charge is 0.460 e. The van der Waals surface area contributed by atoms with E-state index in [1.807, 2.05) is 20.8 Å². The second-order valence-corrected chi connectivity index (χ2v) is 5.45. The Balaban J connectivity index is 2.47. The Labute approximate surface area is 96.9 Å². The van der Waals surface area contributed by atoms with Gasteiger partial charge in [0, 0.05) is 19.6 Å². The summed E-state index contributed by atoms with van der Waals surface area (Å²) < 4.78 is 10.5. The van der Waals surface area contributed by atoms with Gasteiger partial charge in [-0.3, -0.25) is 4.79 Å². The number of hydrogen-bond donors (Lipinski definition) is 1.